The molecule has 3 rings (SSSR count). The van der Waals surface area contributed by atoms with Crippen molar-refractivity contribution in [3.05, 3.63) is 12.1 Å². The molecule has 122 valence electrons. The highest BCUT2D eigenvalue weighted by Crippen LogP contribution is 2.31. The van der Waals surface area contributed by atoms with E-state index in [4.69, 9.17) is 5.73 Å². The molecule has 1 aliphatic heterocycles. The smallest absolute Gasteiger partial charge is 0.130 e. The minimum atomic E-state index is 0.0431. The summed E-state index contributed by atoms with van der Waals surface area (Å²) in [5, 5.41) is 20.7. The van der Waals surface area contributed by atoms with Crippen molar-refractivity contribution in [2.24, 2.45) is 7.05 Å². The molecule has 0 atom stereocenters. The minimum Gasteiger partial charge on any atom is -0.394 e. The Labute approximate surface area is 130 Å². The summed E-state index contributed by atoms with van der Waals surface area (Å²) in [5.74, 6) is 1.82. The van der Waals surface area contributed by atoms with Gasteiger partial charge in [0.2, 0.25) is 0 Å². The van der Waals surface area contributed by atoms with Crippen molar-refractivity contribution in [3.63, 3.8) is 0 Å². The molecule has 22 heavy (non-hydrogen) atoms. The summed E-state index contributed by atoms with van der Waals surface area (Å²) in [4.78, 5) is 2.36. The van der Waals surface area contributed by atoms with E-state index in [2.05, 4.69) is 15.6 Å². The second-order valence-electron chi connectivity index (χ2n) is 5.81. The van der Waals surface area contributed by atoms with Crippen LogP contribution in [-0.2, 0) is 7.05 Å². The third kappa shape index (κ3) is 2.40. The van der Waals surface area contributed by atoms with Crippen LogP contribution in [0, 0.1) is 0 Å². The van der Waals surface area contributed by atoms with Crippen LogP contribution in [0.3, 0.4) is 0 Å². The van der Waals surface area contributed by atoms with E-state index in [1.807, 2.05) is 22.7 Å². The average molecular weight is 307 g/mol. The number of fused-ring (bicyclic) bond motifs is 1. The van der Waals surface area contributed by atoms with E-state index < -0.39 is 0 Å². The van der Waals surface area contributed by atoms with Gasteiger partial charge < -0.3 is 30.4 Å². The van der Waals surface area contributed by atoms with Gasteiger partial charge in [-0.1, -0.05) is 0 Å². The van der Waals surface area contributed by atoms with Gasteiger partial charge >= 0.3 is 0 Å². The first-order valence-corrected chi connectivity index (χ1v) is 7.86. The molecule has 0 aliphatic carbocycles. The molecular formula is C15H25N5O2. The van der Waals surface area contributed by atoms with Crippen LogP contribution in [0.1, 0.15) is 12.8 Å². The first-order chi connectivity index (χ1) is 10.7. The SMILES string of the molecule is Cn1c(N)cc2c1cc(N1CCCC1)n2N(CCO)CCO. The summed E-state index contributed by atoms with van der Waals surface area (Å²) in [6.45, 7) is 3.11. The lowest BCUT2D eigenvalue weighted by Crippen LogP contribution is -2.41. The van der Waals surface area contributed by atoms with E-state index in [1.165, 1.54) is 12.8 Å². The van der Waals surface area contributed by atoms with Gasteiger partial charge in [-0.05, 0) is 12.8 Å². The quantitative estimate of drug-likeness (QED) is 0.704. The highest BCUT2D eigenvalue weighted by Gasteiger charge is 2.23. The maximum Gasteiger partial charge on any atom is 0.130 e. The Kier molecular flexibility index (Phi) is 4.17. The molecule has 0 bridgehead atoms. The Balaban J connectivity index is 2.13. The summed E-state index contributed by atoms with van der Waals surface area (Å²) >= 11 is 0. The van der Waals surface area contributed by atoms with Crippen LogP contribution in [0.15, 0.2) is 12.1 Å². The van der Waals surface area contributed by atoms with Gasteiger partial charge in [-0.15, -0.1) is 0 Å². The van der Waals surface area contributed by atoms with Crippen molar-refractivity contribution in [1.29, 1.82) is 0 Å². The van der Waals surface area contributed by atoms with E-state index in [0.717, 1.165) is 29.9 Å². The summed E-state index contributed by atoms with van der Waals surface area (Å²) in [7, 11) is 1.96. The maximum atomic E-state index is 9.37. The van der Waals surface area contributed by atoms with Crippen molar-refractivity contribution in [3.8, 4) is 0 Å². The lowest BCUT2D eigenvalue weighted by Gasteiger charge is -2.30. The van der Waals surface area contributed by atoms with E-state index in [1.54, 1.807) is 0 Å². The van der Waals surface area contributed by atoms with Crippen LogP contribution in [0.2, 0.25) is 0 Å². The summed E-state index contributed by atoms with van der Waals surface area (Å²) in [6, 6.07) is 4.11. The molecule has 2 aromatic rings. The number of nitrogens with zero attached hydrogens (tertiary/aromatic N) is 4. The molecule has 1 fully saturated rings. The average Bonchev–Trinajstić information content (AvgIpc) is 3.18. The molecular weight excluding hydrogens is 282 g/mol. The first-order valence-electron chi connectivity index (χ1n) is 7.86. The molecule has 3 heterocycles. The summed E-state index contributed by atoms with van der Waals surface area (Å²) in [5.41, 5.74) is 8.12. The predicted molar refractivity (Wildman–Crippen MR) is 88.9 cm³/mol. The van der Waals surface area contributed by atoms with Gasteiger partial charge in [0.15, 0.2) is 0 Å². The Hall–Kier alpha value is -1.86. The number of nitrogen functional groups attached to an aromatic ring is 1. The molecule has 2 aromatic heterocycles. The molecule has 0 unspecified atom stereocenters. The maximum absolute atomic E-state index is 9.37. The normalized spacial score (nSPS) is 15.1. The molecule has 1 saturated heterocycles. The van der Waals surface area contributed by atoms with E-state index in [0.29, 0.717) is 18.9 Å². The molecule has 0 spiro atoms. The Morgan fingerprint density at radius 1 is 1.09 bits per heavy atom. The van der Waals surface area contributed by atoms with Crippen LogP contribution in [0.25, 0.3) is 11.0 Å². The molecule has 0 aromatic carbocycles. The number of nitrogens with two attached hydrogens (primary N) is 1. The summed E-state index contributed by atoms with van der Waals surface area (Å²) < 4.78 is 4.07. The van der Waals surface area contributed by atoms with Crippen LogP contribution in [0.4, 0.5) is 11.6 Å². The van der Waals surface area contributed by atoms with Crippen LogP contribution < -0.4 is 15.6 Å². The number of aliphatic hydroxyl groups excluding tert-OH is 2. The molecule has 0 radical (unpaired) electrons. The molecule has 1 aliphatic rings. The Morgan fingerprint density at radius 2 is 1.73 bits per heavy atom. The third-order valence-electron chi connectivity index (χ3n) is 4.44. The number of aliphatic hydroxyl groups is 2. The lowest BCUT2D eigenvalue weighted by atomic mass is 10.4. The number of aryl methyl sites for hydroxylation is 1. The number of rotatable bonds is 6. The van der Waals surface area contributed by atoms with Gasteiger partial charge in [0.25, 0.3) is 0 Å². The van der Waals surface area contributed by atoms with E-state index in [-0.39, 0.29) is 13.2 Å². The van der Waals surface area contributed by atoms with E-state index in [9.17, 15) is 10.2 Å². The van der Waals surface area contributed by atoms with Gasteiger partial charge in [0.1, 0.15) is 11.6 Å². The predicted octanol–water partition coefficient (Wildman–Crippen LogP) is 0.0848. The number of hydrogen-bond donors (Lipinski definition) is 3. The fraction of sp³-hybridized carbons (Fsp3) is 0.600. The van der Waals surface area contributed by atoms with Crippen LogP contribution in [0.5, 0.6) is 0 Å². The van der Waals surface area contributed by atoms with Crippen molar-refractivity contribution in [2.75, 3.05) is 55.0 Å². The van der Waals surface area contributed by atoms with Gasteiger partial charge in [0, 0.05) is 32.3 Å². The van der Waals surface area contributed by atoms with Crippen LogP contribution in [-0.4, -0.2) is 58.8 Å². The highest BCUT2D eigenvalue weighted by atomic mass is 16.3. The summed E-state index contributed by atoms with van der Waals surface area (Å²) in [6.07, 6.45) is 2.40. The first kappa shape index (κ1) is 15.1. The molecule has 7 nitrogen and oxygen atoms in total. The molecule has 7 heteroatoms. The zero-order valence-electron chi connectivity index (χ0n) is 13.1. The number of anilines is 2. The largest absolute Gasteiger partial charge is 0.394 e. The number of hydrogen-bond acceptors (Lipinski definition) is 5. The van der Waals surface area contributed by atoms with Gasteiger partial charge in [-0.2, -0.15) is 0 Å². The van der Waals surface area contributed by atoms with Gasteiger partial charge in [-0.3, -0.25) is 0 Å². The zero-order chi connectivity index (χ0) is 15.7. The van der Waals surface area contributed by atoms with Crippen molar-refractivity contribution < 1.29 is 10.2 Å². The second kappa shape index (κ2) is 6.10. The monoisotopic (exact) mass is 307 g/mol. The van der Waals surface area contributed by atoms with Crippen LogP contribution >= 0.6 is 0 Å². The van der Waals surface area contributed by atoms with Crippen molar-refractivity contribution in [2.45, 2.75) is 12.8 Å². The van der Waals surface area contributed by atoms with Gasteiger partial charge in [0.05, 0.1) is 37.3 Å². The molecule has 0 amide bonds. The van der Waals surface area contributed by atoms with E-state index >= 15 is 0 Å². The molecule has 4 N–H and O–H groups in total. The van der Waals surface area contributed by atoms with Crippen molar-refractivity contribution >= 4 is 22.7 Å². The Bertz CT molecular complexity index is 636. The second-order valence-corrected chi connectivity index (χ2v) is 5.81. The fourth-order valence-corrected chi connectivity index (χ4v) is 3.28. The van der Waals surface area contributed by atoms with Gasteiger partial charge in [-0.25, -0.2) is 4.68 Å². The standard InChI is InChI=1S/C15H25N5O2/c1-17-12-11-15(18-4-2-3-5-18)20(13(12)10-14(17)16)19(6-8-21)7-9-22/h10-11,21-22H,2-9,16H2,1H3. The minimum absolute atomic E-state index is 0.0431. The highest BCUT2D eigenvalue weighted by molar-refractivity contribution is 5.87. The topological polar surface area (TPSA) is 82.8 Å². The third-order valence-corrected chi connectivity index (χ3v) is 4.44. The van der Waals surface area contributed by atoms with Crippen molar-refractivity contribution in [1.82, 2.24) is 9.24 Å². The molecule has 0 saturated carbocycles. The number of aromatic nitrogens is 2. The lowest BCUT2D eigenvalue weighted by molar-refractivity contribution is 0.266. The fourth-order valence-electron chi connectivity index (χ4n) is 3.28. The Morgan fingerprint density at radius 3 is 2.32 bits per heavy atom. The zero-order valence-corrected chi connectivity index (χ0v) is 13.1.